The monoisotopic (exact) mass is 552 g/mol. The van der Waals surface area contributed by atoms with Gasteiger partial charge in [0.15, 0.2) is 16.3 Å². The number of fused-ring (bicyclic) bond motifs is 3. The van der Waals surface area contributed by atoms with Gasteiger partial charge in [0.2, 0.25) is 11.9 Å². The number of hydrogen-bond donors (Lipinski definition) is 2. The van der Waals surface area contributed by atoms with Crippen molar-refractivity contribution in [1.29, 1.82) is 0 Å². The predicted molar refractivity (Wildman–Crippen MR) is 141 cm³/mol. The van der Waals surface area contributed by atoms with Crippen LogP contribution >= 0.6 is 11.3 Å². The molecule has 0 aliphatic carbocycles. The number of amides is 2. The molecule has 15 nitrogen and oxygen atoms in total. The Hall–Kier alpha value is -4.60. The molecule has 2 unspecified atom stereocenters. The molecule has 4 aromatic heterocycles. The van der Waals surface area contributed by atoms with Crippen LogP contribution < -0.4 is 21.5 Å². The van der Waals surface area contributed by atoms with Crippen molar-refractivity contribution in [2.45, 2.75) is 31.5 Å². The molecule has 2 aliphatic rings. The summed E-state index contributed by atoms with van der Waals surface area (Å²) < 4.78 is 3.68. The number of hydrogen-bond acceptors (Lipinski definition) is 10. The van der Waals surface area contributed by atoms with Crippen LogP contribution in [0, 0.1) is 0 Å². The maximum absolute atomic E-state index is 13.0. The number of aromatic nitrogens is 7. The fourth-order valence-electron chi connectivity index (χ4n) is 5.21. The van der Waals surface area contributed by atoms with Gasteiger partial charge in [-0.15, -0.1) is 11.3 Å². The Balaban J connectivity index is 1.16. The van der Waals surface area contributed by atoms with Crippen LogP contribution in [0.2, 0.25) is 0 Å². The predicted octanol–water partition coefficient (Wildman–Crippen LogP) is 0.488. The van der Waals surface area contributed by atoms with Gasteiger partial charge >= 0.3 is 11.8 Å². The first-order valence-corrected chi connectivity index (χ1v) is 13.0. The molecule has 4 aromatic rings. The zero-order chi connectivity index (χ0) is 27.6. The van der Waals surface area contributed by atoms with Crippen molar-refractivity contribution in [1.82, 2.24) is 38.5 Å². The van der Waals surface area contributed by atoms with Crippen LogP contribution in [0.5, 0.6) is 0 Å². The minimum atomic E-state index is -0.895. The Bertz CT molecular complexity index is 1740. The van der Waals surface area contributed by atoms with Gasteiger partial charge in [-0.3, -0.25) is 18.7 Å². The molecule has 6 heterocycles. The number of rotatable bonds is 5. The van der Waals surface area contributed by atoms with Gasteiger partial charge in [0.25, 0.3) is 5.56 Å². The largest absolute Gasteiger partial charge is 0.465 e. The highest BCUT2D eigenvalue weighted by atomic mass is 32.1. The molecule has 0 saturated carbocycles. The average Bonchev–Trinajstić information content (AvgIpc) is 3.73. The second-order valence-corrected chi connectivity index (χ2v) is 10.5. The number of carbonyl (C=O) groups is 2. The number of likely N-dealkylation sites (tertiary alicyclic amines) is 1. The van der Waals surface area contributed by atoms with Gasteiger partial charge in [0.05, 0.1) is 24.1 Å². The summed E-state index contributed by atoms with van der Waals surface area (Å²) in [5.41, 5.74) is 0.576. The van der Waals surface area contributed by atoms with E-state index in [-0.39, 0.29) is 23.2 Å². The van der Waals surface area contributed by atoms with Crippen molar-refractivity contribution < 1.29 is 14.7 Å². The summed E-state index contributed by atoms with van der Waals surface area (Å²) in [5.74, 6) is 0.141. The third kappa shape index (κ3) is 3.94. The number of nitrogens with one attached hydrogen (secondary N) is 1. The van der Waals surface area contributed by atoms with E-state index in [1.54, 1.807) is 24.7 Å². The molecule has 3 atom stereocenters. The van der Waals surface area contributed by atoms with Gasteiger partial charge in [-0.05, 0) is 13.3 Å². The van der Waals surface area contributed by atoms with E-state index in [2.05, 4.69) is 25.3 Å². The fraction of sp³-hybridized carbons (Fsp3) is 0.391. The van der Waals surface area contributed by atoms with Gasteiger partial charge in [0, 0.05) is 50.5 Å². The second-order valence-electron chi connectivity index (χ2n) is 9.64. The number of carbonyl (C=O) groups excluding carboxylic acids is 1. The second kappa shape index (κ2) is 9.00. The minimum absolute atomic E-state index is 0.0434. The quantitative estimate of drug-likeness (QED) is 0.355. The molecule has 2 amide bonds. The van der Waals surface area contributed by atoms with Crippen molar-refractivity contribution in [3.05, 3.63) is 44.9 Å². The fourth-order valence-corrected chi connectivity index (χ4v) is 5.93. The summed E-state index contributed by atoms with van der Waals surface area (Å²) in [7, 11) is 2.89. The third-order valence-corrected chi connectivity index (χ3v) is 8.14. The zero-order valence-corrected chi connectivity index (χ0v) is 22.0. The first kappa shape index (κ1) is 24.7. The number of anilines is 2. The summed E-state index contributed by atoms with van der Waals surface area (Å²) in [5, 5.41) is 14.2. The highest BCUT2D eigenvalue weighted by Gasteiger charge is 2.46. The van der Waals surface area contributed by atoms with Crippen LogP contribution in [0.4, 0.5) is 15.9 Å². The van der Waals surface area contributed by atoms with E-state index < -0.39 is 29.3 Å². The molecule has 202 valence electrons. The summed E-state index contributed by atoms with van der Waals surface area (Å²) in [6.45, 7) is 2.64. The Morgan fingerprint density at radius 2 is 1.85 bits per heavy atom. The maximum Gasteiger partial charge on any atom is 0.407 e. The topological polar surface area (TPSA) is 173 Å². The number of piperazine rings is 1. The Labute approximate surface area is 224 Å². The van der Waals surface area contributed by atoms with Gasteiger partial charge < -0.3 is 24.8 Å². The normalized spacial score (nSPS) is 19.2. The average molecular weight is 553 g/mol. The summed E-state index contributed by atoms with van der Waals surface area (Å²) in [6, 6.07) is -0.779. The van der Waals surface area contributed by atoms with E-state index in [9.17, 15) is 24.3 Å². The van der Waals surface area contributed by atoms with Crippen LogP contribution in [0.1, 0.15) is 19.4 Å². The van der Waals surface area contributed by atoms with E-state index in [0.717, 1.165) is 11.0 Å². The van der Waals surface area contributed by atoms with Gasteiger partial charge in [-0.2, -0.15) is 0 Å². The first-order valence-electron chi connectivity index (χ1n) is 12.1. The summed E-state index contributed by atoms with van der Waals surface area (Å²) in [6.07, 6.45) is 4.56. The standard InChI is InChI=1S/C23H24N10O5S/c1-11(33-10-26-17-16(33)19(35)30(3)22(36)29(17)2)18(34)28-21-27-15(9-39-21)12-5-24-20(25-6-12)31-7-14-4-13(31)8-32(14)23(37)38/h5-6,9-11,13-14H,4,7-8H2,1-3H3,(H,37,38)(H,27,28,34)/t11-,13?,14?/m0/s1. The molecular weight excluding hydrogens is 528 g/mol. The Morgan fingerprint density at radius 3 is 2.51 bits per heavy atom. The third-order valence-electron chi connectivity index (χ3n) is 7.38. The van der Waals surface area contributed by atoms with E-state index in [4.69, 9.17) is 0 Å². The van der Waals surface area contributed by atoms with Crippen LogP contribution in [0.3, 0.4) is 0 Å². The molecule has 2 aliphatic heterocycles. The lowest BCUT2D eigenvalue weighted by Gasteiger charge is -2.32. The van der Waals surface area contributed by atoms with Crippen LogP contribution in [0.15, 0.2) is 33.7 Å². The van der Waals surface area contributed by atoms with Crippen molar-refractivity contribution in [3.8, 4) is 11.3 Å². The van der Waals surface area contributed by atoms with Gasteiger partial charge in [0.1, 0.15) is 6.04 Å². The highest BCUT2D eigenvalue weighted by Crippen LogP contribution is 2.33. The molecule has 2 fully saturated rings. The van der Waals surface area contributed by atoms with Crippen LogP contribution in [-0.4, -0.2) is 80.8 Å². The molecule has 2 bridgehead atoms. The lowest BCUT2D eigenvalue weighted by molar-refractivity contribution is -0.118. The molecule has 0 aromatic carbocycles. The molecule has 0 radical (unpaired) electrons. The minimum Gasteiger partial charge on any atom is -0.465 e. The number of nitrogens with zero attached hydrogens (tertiary/aromatic N) is 9. The van der Waals surface area contributed by atoms with Gasteiger partial charge in [-0.25, -0.2) is 29.5 Å². The van der Waals surface area contributed by atoms with E-state index in [1.165, 1.54) is 45.8 Å². The molecule has 2 saturated heterocycles. The number of carboxylic acid groups (broad SMARTS) is 1. The smallest absolute Gasteiger partial charge is 0.407 e. The van der Waals surface area contributed by atoms with Crippen molar-refractivity contribution >= 4 is 45.6 Å². The number of thiazole rings is 1. The number of aryl methyl sites for hydroxylation is 1. The molecule has 16 heteroatoms. The van der Waals surface area contributed by atoms with E-state index in [0.29, 0.717) is 35.4 Å². The highest BCUT2D eigenvalue weighted by molar-refractivity contribution is 7.14. The van der Waals surface area contributed by atoms with E-state index in [1.807, 2.05) is 4.90 Å². The Kier molecular flexibility index (Phi) is 5.71. The number of imidazole rings is 1. The van der Waals surface area contributed by atoms with Crippen LogP contribution in [-0.2, 0) is 18.9 Å². The van der Waals surface area contributed by atoms with Gasteiger partial charge in [-0.1, -0.05) is 0 Å². The zero-order valence-electron chi connectivity index (χ0n) is 21.2. The van der Waals surface area contributed by atoms with Crippen molar-refractivity contribution in [3.63, 3.8) is 0 Å². The lowest BCUT2D eigenvalue weighted by Crippen LogP contribution is -2.48. The first-order chi connectivity index (χ1) is 18.6. The SMILES string of the molecule is C[C@@H](C(=O)Nc1nc(-c2cnc(N3CC4CC3CN4C(=O)O)nc2)cs1)n1cnc2c1c(=O)n(C)c(=O)n2C. The molecule has 39 heavy (non-hydrogen) atoms. The maximum atomic E-state index is 13.0. The molecule has 0 spiro atoms. The molecular formula is C23H24N10O5S. The lowest BCUT2D eigenvalue weighted by atomic mass is 10.2. The summed E-state index contributed by atoms with van der Waals surface area (Å²) >= 11 is 1.24. The Morgan fingerprint density at radius 1 is 1.10 bits per heavy atom. The molecule has 6 rings (SSSR count). The van der Waals surface area contributed by atoms with E-state index >= 15 is 0 Å². The van der Waals surface area contributed by atoms with Crippen molar-refractivity contribution in [2.24, 2.45) is 14.1 Å². The molecule has 2 N–H and O–H groups in total. The summed E-state index contributed by atoms with van der Waals surface area (Å²) in [4.78, 5) is 70.4. The van der Waals surface area contributed by atoms with Crippen molar-refractivity contribution in [2.75, 3.05) is 23.3 Å². The van der Waals surface area contributed by atoms with Crippen LogP contribution in [0.25, 0.3) is 22.4 Å².